The first-order valence-electron chi connectivity index (χ1n) is 11.1. The third-order valence-corrected chi connectivity index (χ3v) is 7.04. The van der Waals surface area contributed by atoms with Crippen molar-refractivity contribution in [3.05, 3.63) is 70.5 Å². The molecule has 1 aliphatic rings. The van der Waals surface area contributed by atoms with Crippen LogP contribution in [0.1, 0.15) is 50.2 Å². The summed E-state index contributed by atoms with van der Waals surface area (Å²) in [5.74, 6) is 0.0235. The van der Waals surface area contributed by atoms with Crippen LogP contribution in [0, 0.1) is 5.82 Å². The number of hydrogen-bond acceptors (Lipinski definition) is 3. The monoisotopic (exact) mass is 476 g/mol. The summed E-state index contributed by atoms with van der Waals surface area (Å²) < 4.78 is 13.9. The number of nitrogens with zero attached hydrogens (tertiary/aromatic N) is 1. The van der Waals surface area contributed by atoms with Gasteiger partial charge in [-0.05, 0) is 49.1 Å². The van der Waals surface area contributed by atoms with E-state index in [4.69, 9.17) is 11.6 Å². The lowest BCUT2D eigenvalue weighted by atomic mass is 9.95. The summed E-state index contributed by atoms with van der Waals surface area (Å²) in [6.07, 6.45) is 5.44. The number of rotatable bonds is 9. The highest BCUT2D eigenvalue weighted by Crippen LogP contribution is 2.20. The molecule has 1 saturated carbocycles. The highest BCUT2D eigenvalue weighted by atomic mass is 35.5. The molecule has 2 aromatic carbocycles. The van der Waals surface area contributed by atoms with E-state index in [9.17, 15) is 14.0 Å². The molecule has 1 atom stereocenters. The first kappa shape index (κ1) is 24.6. The summed E-state index contributed by atoms with van der Waals surface area (Å²) in [7, 11) is 0. The van der Waals surface area contributed by atoms with E-state index in [1.807, 2.05) is 12.1 Å². The van der Waals surface area contributed by atoms with Crippen LogP contribution in [0.25, 0.3) is 0 Å². The Morgan fingerprint density at radius 3 is 2.50 bits per heavy atom. The van der Waals surface area contributed by atoms with E-state index in [1.165, 1.54) is 24.2 Å². The molecule has 0 bridgehead atoms. The van der Waals surface area contributed by atoms with Crippen molar-refractivity contribution in [2.24, 2.45) is 0 Å². The molecule has 172 valence electrons. The van der Waals surface area contributed by atoms with E-state index in [0.29, 0.717) is 22.9 Å². The zero-order chi connectivity index (χ0) is 22.9. The maximum Gasteiger partial charge on any atom is 0.242 e. The van der Waals surface area contributed by atoms with Gasteiger partial charge in [0.15, 0.2) is 0 Å². The molecule has 0 heterocycles. The summed E-state index contributed by atoms with van der Waals surface area (Å²) in [4.78, 5) is 27.7. The van der Waals surface area contributed by atoms with Crippen LogP contribution in [0.4, 0.5) is 4.39 Å². The fourth-order valence-corrected chi connectivity index (χ4v) is 4.91. The Kier molecular flexibility index (Phi) is 9.42. The van der Waals surface area contributed by atoms with E-state index in [2.05, 4.69) is 5.32 Å². The molecule has 0 unspecified atom stereocenters. The topological polar surface area (TPSA) is 49.4 Å². The highest BCUT2D eigenvalue weighted by Gasteiger charge is 2.28. The molecule has 0 aromatic heterocycles. The largest absolute Gasteiger partial charge is 0.352 e. The van der Waals surface area contributed by atoms with Crippen LogP contribution in [0.3, 0.4) is 0 Å². The summed E-state index contributed by atoms with van der Waals surface area (Å²) in [6, 6.07) is 13.4. The van der Waals surface area contributed by atoms with Crippen molar-refractivity contribution in [2.45, 2.75) is 63.4 Å². The third kappa shape index (κ3) is 7.24. The second-order valence-corrected chi connectivity index (χ2v) is 9.67. The van der Waals surface area contributed by atoms with Crippen LogP contribution in [0.2, 0.25) is 5.02 Å². The number of carbonyl (C=O) groups excluding carboxylic acids is 2. The number of hydrogen-bond donors (Lipinski definition) is 1. The number of halogens is 2. The van der Waals surface area contributed by atoms with Crippen molar-refractivity contribution >= 4 is 35.2 Å². The van der Waals surface area contributed by atoms with Gasteiger partial charge in [0.25, 0.3) is 0 Å². The summed E-state index contributed by atoms with van der Waals surface area (Å²) in [5.41, 5.74) is 1.47. The Labute approximate surface area is 198 Å². The predicted octanol–water partition coefficient (Wildman–Crippen LogP) is 5.58. The van der Waals surface area contributed by atoms with Crippen LogP contribution in [-0.2, 0) is 21.9 Å². The van der Waals surface area contributed by atoms with Crippen molar-refractivity contribution in [2.75, 3.05) is 5.75 Å². The van der Waals surface area contributed by atoms with Gasteiger partial charge in [0.1, 0.15) is 11.9 Å². The van der Waals surface area contributed by atoms with Gasteiger partial charge >= 0.3 is 0 Å². The Morgan fingerprint density at radius 2 is 1.81 bits per heavy atom. The van der Waals surface area contributed by atoms with Gasteiger partial charge in [-0.3, -0.25) is 9.59 Å². The van der Waals surface area contributed by atoms with Gasteiger partial charge in [-0.1, -0.05) is 61.2 Å². The normalized spacial score (nSPS) is 15.2. The summed E-state index contributed by atoms with van der Waals surface area (Å²) in [5, 5.41) is 3.75. The lowest BCUT2D eigenvalue weighted by Gasteiger charge is -2.31. The predicted molar refractivity (Wildman–Crippen MR) is 129 cm³/mol. The second-order valence-electron chi connectivity index (χ2n) is 8.25. The molecular formula is C25H30ClFN2O2S. The van der Waals surface area contributed by atoms with Crippen molar-refractivity contribution in [1.82, 2.24) is 10.2 Å². The van der Waals surface area contributed by atoms with Gasteiger partial charge < -0.3 is 10.2 Å². The zero-order valence-electron chi connectivity index (χ0n) is 18.4. The van der Waals surface area contributed by atoms with Crippen molar-refractivity contribution < 1.29 is 14.0 Å². The number of carbonyl (C=O) groups is 2. The van der Waals surface area contributed by atoms with Crippen molar-refractivity contribution in [3.63, 3.8) is 0 Å². The average molecular weight is 477 g/mol. The summed E-state index contributed by atoms with van der Waals surface area (Å²) in [6.45, 7) is 2.09. The number of amides is 2. The Balaban J connectivity index is 1.65. The molecule has 3 rings (SSSR count). The number of nitrogens with one attached hydrogen (secondary N) is 1. The van der Waals surface area contributed by atoms with Gasteiger partial charge in [-0.25, -0.2) is 4.39 Å². The fraction of sp³-hybridized carbons (Fsp3) is 0.440. The molecule has 7 heteroatoms. The molecule has 32 heavy (non-hydrogen) atoms. The highest BCUT2D eigenvalue weighted by molar-refractivity contribution is 7.99. The average Bonchev–Trinajstić information content (AvgIpc) is 2.80. The molecule has 1 fully saturated rings. The Bertz CT molecular complexity index is 903. The zero-order valence-corrected chi connectivity index (χ0v) is 19.9. The standard InChI is InChI=1S/C25H30ClFN2O2S/c1-18(25(31)28-22-8-3-2-4-9-22)29(15-19-11-13-21(26)14-12-19)24(30)17-32-16-20-7-5-6-10-23(20)27/h5-7,10-14,18,22H,2-4,8-9,15-17H2,1H3,(H,28,31)/t18-/m0/s1. The van der Waals surface area contributed by atoms with Crippen LogP contribution in [-0.4, -0.2) is 34.6 Å². The molecule has 0 aliphatic heterocycles. The van der Waals surface area contributed by atoms with Crippen LogP contribution in [0.5, 0.6) is 0 Å². The first-order chi connectivity index (χ1) is 15.4. The molecular weight excluding hydrogens is 447 g/mol. The van der Waals surface area contributed by atoms with Gasteiger partial charge in [-0.15, -0.1) is 11.8 Å². The minimum atomic E-state index is -0.603. The molecule has 0 spiro atoms. The molecule has 2 aromatic rings. The fourth-order valence-electron chi connectivity index (χ4n) is 3.88. The van der Waals surface area contributed by atoms with Crippen LogP contribution in [0.15, 0.2) is 48.5 Å². The molecule has 2 amide bonds. The van der Waals surface area contributed by atoms with Crippen LogP contribution >= 0.6 is 23.4 Å². The second kappa shape index (κ2) is 12.3. The smallest absolute Gasteiger partial charge is 0.242 e. The van der Waals surface area contributed by atoms with Gasteiger partial charge in [0.05, 0.1) is 5.75 Å². The van der Waals surface area contributed by atoms with E-state index in [0.717, 1.165) is 31.2 Å². The Hall–Kier alpha value is -2.05. The number of benzene rings is 2. The third-order valence-electron chi connectivity index (χ3n) is 5.83. The lowest BCUT2D eigenvalue weighted by molar-refractivity contribution is -0.139. The van der Waals surface area contributed by atoms with E-state index in [-0.39, 0.29) is 29.4 Å². The van der Waals surface area contributed by atoms with E-state index < -0.39 is 6.04 Å². The minimum Gasteiger partial charge on any atom is -0.352 e. The van der Waals surface area contributed by atoms with Crippen molar-refractivity contribution in [1.29, 1.82) is 0 Å². The molecule has 0 saturated heterocycles. The first-order valence-corrected chi connectivity index (χ1v) is 12.6. The molecule has 1 N–H and O–H groups in total. The van der Waals surface area contributed by atoms with Gasteiger partial charge in [0.2, 0.25) is 11.8 Å². The van der Waals surface area contributed by atoms with E-state index in [1.54, 1.807) is 42.2 Å². The van der Waals surface area contributed by atoms with Crippen LogP contribution < -0.4 is 5.32 Å². The quantitative estimate of drug-likeness (QED) is 0.514. The minimum absolute atomic E-state index is 0.127. The lowest BCUT2D eigenvalue weighted by Crippen LogP contribution is -2.50. The van der Waals surface area contributed by atoms with Gasteiger partial charge in [-0.2, -0.15) is 0 Å². The molecule has 1 aliphatic carbocycles. The Morgan fingerprint density at radius 1 is 1.12 bits per heavy atom. The molecule has 0 radical (unpaired) electrons. The SMILES string of the molecule is C[C@@H](C(=O)NC1CCCCC1)N(Cc1ccc(Cl)cc1)C(=O)CSCc1ccccc1F. The summed E-state index contributed by atoms with van der Waals surface area (Å²) >= 11 is 7.34. The van der Waals surface area contributed by atoms with E-state index >= 15 is 0 Å². The molecule has 4 nitrogen and oxygen atoms in total. The maximum atomic E-state index is 13.9. The van der Waals surface area contributed by atoms with Crippen molar-refractivity contribution in [3.8, 4) is 0 Å². The van der Waals surface area contributed by atoms with Gasteiger partial charge in [0, 0.05) is 23.4 Å². The maximum absolute atomic E-state index is 13.9. The number of thioether (sulfide) groups is 1.